The van der Waals surface area contributed by atoms with Gasteiger partial charge in [0.2, 0.25) is 0 Å². The van der Waals surface area contributed by atoms with Gasteiger partial charge in [0.05, 0.1) is 10.3 Å². The number of hydrogen-bond donors (Lipinski definition) is 0. The SMILES string of the molecule is CSc1nc(N2CCCCC2)c2cc(C(=O)N3CCN(c4ccc(F)cc4)CC3)sc2n1. The van der Waals surface area contributed by atoms with Gasteiger partial charge >= 0.3 is 0 Å². The molecule has 0 unspecified atom stereocenters. The van der Waals surface area contributed by atoms with Crippen LogP contribution in [-0.2, 0) is 0 Å². The van der Waals surface area contributed by atoms with Crippen LogP contribution in [0.4, 0.5) is 15.9 Å². The Hall–Kier alpha value is -2.39. The van der Waals surface area contributed by atoms with E-state index in [4.69, 9.17) is 9.97 Å². The smallest absolute Gasteiger partial charge is 0.264 e. The minimum Gasteiger partial charge on any atom is -0.368 e. The molecule has 168 valence electrons. The van der Waals surface area contributed by atoms with Crippen LogP contribution in [0.3, 0.4) is 0 Å². The highest BCUT2D eigenvalue weighted by Crippen LogP contribution is 2.34. The molecular weight excluding hydrogens is 445 g/mol. The van der Waals surface area contributed by atoms with E-state index < -0.39 is 0 Å². The van der Waals surface area contributed by atoms with Crippen LogP contribution >= 0.6 is 23.1 Å². The molecule has 9 heteroatoms. The molecule has 0 N–H and O–H groups in total. The minimum absolute atomic E-state index is 0.0575. The first-order chi connectivity index (χ1) is 15.6. The predicted molar refractivity (Wildman–Crippen MR) is 130 cm³/mol. The first kappa shape index (κ1) is 21.5. The maximum Gasteiger partial charge on any atom is 0.264 e. The number of piperazine rings is 1. The van der Waals surface area contributed by atoms with E-state index in [-0.39, 0.29) is 11.7 Å². The van der Waals surface area contributed by atoms with E-state index in [9.17, 15) is 9.18 Å². The number of anilines is 2. The van der Waals surface area contributed by atoms with Gasteiger partial charge in [0.1, 0.15) is 16.5 Å². The zero-order chi connectivity index (χ0) is 22.1. The number of carbonyl (C=O) groups excluding carboxylic acids is 1. The summed E-state index contributed by atoms with van der Waals surface area (Å²) in [5, 5.41) is 1.75. The van der Waals surface area contributed by atoms with E-state index in [0.717, 1.165) is 57.9 Å². The highest BCUT2D eigenvalue weighted by atomic mass is 32.2. The standard InChI is InChI=1S/C23H26FN5OS2/c1-31-23-25-20(28-9-3-2-4-10-28)18-15-19(32-21(18)26-23)22(30)29-13-11-27(12-14-29)17-7-5-16(24)6-8-17/h5-8,15H,2-4,9-14H2,1H3. The molecular formula is C23H26FN5OS2. The molecule has 0 spiro atoms. The molecule has 6 nitrogen and oxygen atoms in total. The van der Waals surface area contributed by atoms with Crippen LogP contribution < -0.4 is 9.80 Å². The number of nitrogens with zero attached hydrogens (tertiary/aromatic N) is 5. The van der Waals surface area contributed by atoms with Crippen LogP contribution in [0.25, 0.3) is 10.2 Å². The number of carbonyl (C=O) groups is 1. The molecule has 2 aromatic heterocycles. The zero-order valence-corrected chi connectivity index (χ0v) is 19.7. The molecule has 2 aliphatic rings. The lowest BCUT2D eigenvalue weighted by Gasteiger charge is -2.36. The van der Waals surface area contributed by atoms with Gasteiger partial charge in [0.25, 0.3) is 5.91 Å². The number of benzene rings is 1. The molecule has 5 rings (SSSR count). The fraction of sp³-hybridized carbons (Fsp3) is 0.435. The summed E-state index contributed by atoms with van der Waals surface area (Å²) in [7, 11) is 0. The summed E-state index contributed by atoms with van der Waals surface area (Å²) in [6.07, 6.45) is 5.60. The first-order valence-electron chi connectivity index (χ1n) is 11.0. The van der Waals surface area contributed by atoms with Gasteiger partial charge in [-0.1, -0.05) is 11.8 Å². The lowest BCUT2D eigenvalue weighted by Crippen LogP contribution is -2.48. The monoisotopic (exact) mass is 471 g/mol. The highest BCUT2D eigenvalue weighted by molar-refractivity contribution is 7.98. The molecule has 1 aromatic carbocycles. The van der Waals surface area contributed by atoms with Gasteiger partial charge in [0.15, 0.2) is 5.16 Å². The first-order valence-corrected chi connectivity index (χ1v) is 13.1. The van der Waals surface area contributed by atoms with Crippen molar-refractivity contribution in [3.63, 3.8) is 0 Å². The Balaban J connectivity index is 1.35. The van der Waals surface area contributed by atoms with Gasteiger partial charge in [-0.2, -0.15) is 0 Å². The number of rotatable bonds is 4. The largest absolute Gasteiger partial charge is 0.368 e. The second-order valence-corrected chi connectivity index (χ2v) is 9.97. The number of hydrogen-bond acceptors (Lipinski definition) is 7. The van der Waals surface area contributed by atoms with Crippen molar-refractivity contribution in [2.45, 2.75) is 24.4 Å². The van der Waals surface area contributed by atoms with Crippen molar-refractivity contribution in [2.75, 3.05) is 55.3 Å². The third-order valence-electron chi connectivity index (χ3n) is 6.16. The molecule has 2 saturated heterocycles. The van der Waals surface area contributed by atoms with Gasteiger partial charge in [-0.15, -0.1) is 11.3 Å². The Morgan fingerprint density at radius 1 is 0.969 bits per heavy atom. The number of aromatic nitrogens is 2. The highest BCUT2D eigenvalue weighted by Gasteiger charge is 2.26. The van der Waals surface area contributed by atoms with E-state index in [2.05, 4.69) is 9.80 Å². The summed E-state index contributed by atoms with van der Waals surface area (Å²) in [5.41, 5.74) is 0.992. The second-order valence-electron chi connectivity index (χ2n) is 8.17. The van der Waals surface area contributed by atoms with Crippen LogP contribution in [-0.4, -0.2) is 66.3 Å². The van der Waals surface area contributed by atoms with Gasteiger partial charge in [-0.05, 0) is 55.9 Å². The van der Waals surface area contributed by atoms with E-state index >= 15 is 0 Å². The van der Waals surface area contributed by atoms with Crippen LogP contribution in [0.1, 0.15) is 28.9 Å². The number of thioether (sulfide) groups is 1. The van der Waals surface area contributed by atoms with Crippen molar-refractivity contribution in [1.29, 1.82) is 0 Å². The van der Waals surface area contributed by atoms with Crippen molar-refractivity contribution in [3.05, 3.63) is 41.0 Å². The lowest BCUT2D eigenvalue weighted by molar-refractivity contribution is 0.0751. The molecule has 1 amide bonds. The number of piperidine rings is 1. The predicted octanol–water partition coefficient (Wildman–Crippen LogP) is 4.51. The Labute approximate surface area is 195 Å². The molecule has 0 bridgehead atoms. The van der Waals surface area contributed by atoms with Crippen LogP contribution in [0, 0.1) is 5.82 Å². The van der Waals surface area contributed by atoms with E-state index in [0.29, 0.717) is 13.1 Å². The summed E-state index contributed by atoms with van der Waals surface area (Å²) in [4.78, 5) is 30.9. The Morgan fingerprint density at radius 3 is 2.38 bits per heavy atom. The van der Waals surface area contributed by atoms with Crippen LogP contribution in [0.15, 0.2) is 35.5 Å². The van der Waals surface area contributed by atoms with Gasteiger partial charge in [-0.3, -0.25) is 4.79 Å². The maximum atomic E-state index is 13.3. The van der Waals surface area contributed by atoms with Crippen molar-refractivity contribution in [2.24, 2.45) is 0 Å². The minimum atomic E-state index is -0.232. The summed E-state index contributed by atoms with van der Waals surface area (Å²) >= 11 is 3.01. The molecule has 0 radical (unpaired) electrons. The van der Waals surface area contributed by atoms with Crippen molar-refractivity contribution in [3.8, 4) is 0 Å². The van der Waals surface area contributed by atoms with E-state index in [1.165, 1.54) is 54.5 Å². The van der Waals surface area contributed by atoms with Crippen LogP contribution in [0.5, 0.6) is 0 Å². The second kappa shape index (κ2) is 9.23. The number of halogens is 1. The van der Waals surface area contributed by atoms with Crippen LogP contribution in [0.2, 0.25) is 0 Å². The van der Waals surface area contributed by atoms with E-state index in [1.807, 2.05) is 17.2 Å². The quantitative estimate of drug-likeness (QED) is 0.412. The molecule has 4 heterocycles. The Morgan fingerprint density at radius 2 is 1.69 bits per heavy atom. The number of thiophene rings is 1. The van der Waals surface area contributed by atoms with Crippen molar-refractivity contribution < 1.29 is 9.18 Å². The summed E-state index contributed by atoms with van der Waals surface area (Å²) in [5.74, 6) is 0.793. The summed E-state index contributed by atoms with van der Waals surface area (Å²) in [6, 6.07) is 8.54. The zero-order valence-electron chi connectivity index (χ0n) is 18.1. The topological polar surface area (TPSA) is 52.6 Å². The fourth-order valence-electron chi connectivity index (χ4n) is 4.41. The Bertz CT molecular complexity index is 1110. The third kappa shape index (κ3) is 4.28. The molecule has 0 atom stereocenters. The van der Waals surface area contributed by atoms with Gasteiger partial charge in [0, 0.05) is 45.0 Å². The summed E-state index contributed by atoms with van der Waals surface area (Å²) in [6.45, 7) is 4.76. The third-order valence-corrected chi connectivity index (χ3v) is 7.72. The number of amides is 1. The normalized spacial score (nSPS) is 17.2. The molecule has 2 aliphatic heterocycles. The van der Waals surface area contributed by atoms with Crippen molar-refractivity contribution >= 4 is 50.7 Å². The number of fused-ring (bicyclic) bond motifs is 1. The summed E-state index contributed by atoms with van der Waals surface area (Å²) < 4.78 is 13.2. The Kier molecular flexibility index (Phi) is 6.19. The molecule has 0 aliphatic carbocycles. The maximum absolute atomic E-state index is 13.3. The van der Waals surface area contributed by atoms with Crippen molar-refractivity contribution in [1.82, 2.24) is 14.9 Å². The molecule has 0 saturated carbocycles. The molecule has 32 heavy (non-hydrogen) atoms. The molecule has 3 aromatic rings. The average Bonchev–Trinajstić information content (AvgIpc) is 3.28. The fourth-order valence-corrected chi connectivity index (χ4v) is 5.82. The van der Waals surface area contributed by atoms with Gasteiger partial charge in [-0.25, -0.2) is 14.4 Å². The van der Waals surface area contributed by atoms with E-state index in [1.54, 1.807) is 12.1 Å². The van der Waals surface area contributed by atoms with Gasteiger partial charge < -0.3 is 14.7 Å². The average molecular weight is 472 g/mol. The lowest BCUT2D eigenvalue weighted by atomic mass is 10.1. The molecule has 2 fully saturated rings.